The third kappa shape index (κ3) is 4.46. The van der Waals surface area contributed by atoms with Gasteiger partial charge in [-0.3, -0.25) is 4.79 Å². The van der Waals surface area contributed by atoms with Gasteiger partial charge >= 0.3 is 0 Å². The van der Waals surface area contributed by atoms with E-state index in [1.807, 2.05) is 44.4 Å². The molecule has 0 aliphatic carbocycles. The largest absolute Gasteiger partial charge is 0.354 e. The first-order valence-corrected chi connectivity index (χ1v) is 10.2. The van der Waals surface area contributed by atoms with E-state index in [0.29, 0.717) is 27.5 Å². The van der Waals surface area contributed by atoms with E-state index in [1.54, 1.807) is 24.3 Å². The molecule has 1 aliphatic rings. The second kappa shape index (κ2) is 8.65. The van der Waals surface area contributed by atoms with Crippen LogP contribution in [0.2, 0.25) is 5.02 Å². The highest BCUT2D eigenvalue weighted by atomic mass is 35.5. The van der Waals surface area contributed by atoms with Gasteiger partial charge in [0.05, 0.1) is 28.6 Å². The minimum Gasteiger partial charge on any atom is -0.354 e. The number of benzene rings is 3. The van der Waals surface area contributed by atoms with Gasteiger partial charge in [-0.15, -0.1) is 0 Å². The zero-order valence-corrected chi connectivity index (χ0v) is 18.0. The number of nitrogens with zero attached hydrogens (tertiary/aromatic N) is 2. The van der Waals surface area contributed by atoms with Gasteiger partial charge in [-0.25, -0.2) is 0 Å². The summed E-state index contributed by atoms with van der Waals surface area (Å²) < 4.78 is 0. The Bertz CT molecular complexity index is 1210. The van der Waals surface area contributed by atoms with E-state index in [1.165, 1.54) is 5.56 Å². The molecule has 1 amide bonds. The first kappa shape index (κ1) is 20.7. The molecular weight excluding hydrogens is 408 g/mol. The Morgan fingerprint density at radius 1 is 1.06 bits per heavy atom. The molecule has 0 saturated heterocycles. The van der Waals surface area contributed by atoms with E-state index in [9.17, 15) is 4.79 Å². The Morgan fingerprint density at radius 2 is 1.77 bits per heavy atom. The van der Waals surface area contributed by atoms with Crippen LogP contribution in [0, 0.1) is 11.3 Å². The van der Waals surface area contributed by atoms with Crippen LogP contribution < -0.4 is 10.6 Å². The van der Waals surface area contributed by atoms with E-state index in [4.69, 9.17) is 16.9 Å². The first-order chi connectivity index (χ1) is 14.9. The molecule has 0 fully saturated rings. The highest BCUT2D eigenvalue weighted by molar-refractivity contribution is 6.38. The lowest BCUT2D eigenvalue weighted by molar-refractivity contribution is -0.110. The molecule has 0 saturated carbocycles. The SMILES string of the molecule is CN(C)Cc1ccc(NC(=C2C(=O)Nc3cc(Cl)ccc32)c2ccc(C#N)cc2)cc1. The lowest BCUT2D eigenvalue weighted by Crippen LogP contribution is -2.11. The smallest absolute Gasteiger partial charge is 0.258 e. The number of anilines is 2. The number of carbonyl (C=O) groups is 1. The second-order valence-electron chi connectivity index (χ2n) is 7.64. The average molecular weight is 429 g/mol. The lowest BCUT2D eigenvalue weighted by atomic mass is 9.99. The molecule has 3 aromatic carbocycles. The van der Waals surface area contributed by atoms with Crippen LogP contribution in [0.4, 0.5) is 11.4 Å². The van der Waals surface area contributed by atoms with Crippen LogP contribution in [-0.2, 0) is 11.3 Å². The van der Waals surface area contributed by atoms with Crippen LogP contribution in [-0.4, -0.2) is 24.9 Å². The van der Waals surface area contributed by atoms with Gasteiger partial charge in [-0.2, -0.15) is 5.26 Å². The summed E-state index contributed by atoms with van der Waals surface area (Å²) >= 11 is 6.11. The van der Waals surface area contributed by atoms with E-state index < -0.39 is 0 Å². The van der Waals surface area contributed by atoms with Crippen LogP contribution in [0.1, 0.15) is 22.3 Å². The summed E-state index contributed by atoms with van der Waals surface area (Å²) in [6, 6.07) is 22.8. The van der Waals surface area contributed by atoms with Gasteiger partial charge in [0.25, 0.3) is 5.91 Å². The number of rotatable bonds is 5. The van der Waals surface area contributed by atoms with Crippen LogP contribution >= 0.6 is 11.6 Å². The summed E-state index contributed by atoms with van der Waals surface area (Å²) in [5.41, 5.74) is 6.10. The maximum Gasteiger partial charge on any atom is 0.258 e. The molecule has 0 unspecified atom stereocenters. The van der Waals surface area contributed by atoms with Crippen LogP contribution in [0.3, 0.4) is 0 Å². The van der Waals surface area contributed by atoms with Crippen molar-refractivity contribution in [1.29, 1.82) is 5.26 Å². The molecule has 31 heavy (non-hydrogen) atoms. The van der Waals surface area contributed by atoms with E-state index >= 15 is 0 Å². The highest BCUT2D eigenvalue weighted by Crippen LogP contribution is 2.38. The lowest BCUT2D eigenvalue weighted by Gasteiger charge is -2.16. The molecule has 1 aliphatic heterocycles. The molecule has 1 heterocycles. The van der Waals surface area contributed by atoms with Crippen molar-refractivity contribution in [2.45, 2.75) is 6.54 Å². The quantitative estimate of drug-likeness (QED) is 0.547. The summed E-state index contributed by atoms with van der Waals surface area (Å²) in [5, 5.41) is 16.0. The van der Waals surface area contributed by atoms with Gasteiger partial charge in [0, 0.05) is 22.8 Å². The summed E-state index contributed by atoms with van der Waals surface area (Å²) in [4.78, 5) is 15.0. The highest BCUT2D eigenvalue weighted by Gasteiger charge is 2.28. The number of amides is 1. The monoisotopic (exact) mass is 428 g/mol. The summed E-state index contributed by atoms with van der Waals surface area (Å²) in [5.74, 6) is -0.201. The van der Waals surface area contributed by atoms with Gasteiger partial charge in [0.1, 0.15) is 0 Å². The van der Waals surface area contributed by atoms with Gasteiger partial charge in [0.2, 0.25) is 0 Å². The Morgan fingerprint density at radius 3 is 2.42 bits per heavy atom. The van der Waals surface area contributed by atoms with Crippen LogP contribution in [0.25, 0.3) is 11.3 Å². The number of hydrogen-bond donors (Lipinski definition) is 2. The molecule has 0 spiro atoms. The van der Waals surface area contributed by atoms with E-state index in [-0.39, 0.29) is 5.91 Å². The fourth-order valence-corrected chi connectivity index (χ4v) is 3.76. The number of carbonyl (C=O) groups excluding carboxylic acids is 1. The number of nitrogens with one attached hydrogen (secondary N) is 2. The van der Waals surface area contributed by atoms with Gasteiger partial charge < -0.3 is 15.5 Å². The zero-order valence-electron chi connectivity index (χ0n) is 17.2. The average Bonchev–Trinajstić information content (AvgIpc) is 3.07. The van der Waals surface area contributed by atoms with Crippen molar-refractivity contribution in [3.63, 3.8) is 0 Å². The minimum absolute atomic E-state index is 0.201. The zero-order chi connectivity index (χ0) is 22.0. The van der Waals surface area contributed by atoms with Crippen molar-refractivity contribution in [3.05, 3.63) is 94.0 Å². The van der Waals surface area contributed by atoms with Crippen molar-refractivity contribution in [2.24, 2.45) is 0 Å². The molecule has 0 aromatic heterocycles. The Kier molecular flexibility index (Phi) is 5.77. The molecular formula is C25H21ClN4O. The third-order valence-electron chi connectivity index (χ3n) is 5.00. The van der Waals surface area contributed by atoms with Crippen LogP contribution in [0.15, 0.2) is 66.7 Å². The van der Waals surface area contributed by atoms with Gasteiger partial charge in [0.15, 0.2) is 0 Å². The second-order valence-corrected chi connectivity index (χ2v) is 8.08. The fourth-order valence-electron chi connectivity index (χ4n) is 3.59. The normalized spacial score (nSPS) is 14.1. The third-order valence-corrected chi connectivity index (χ3v) is 5.24. The molecule has 3 aromatic rings. The molecule has 0 atom stereocenters. The Hall–Kier alpha value is -3.59. The molecule has 154 valence electrons. The molecule has 0 bridgehead atoms. The van der Waals surface area contributed by atoms with Crippen molar-refractivity contribution in [3.8, 4) is 6.07 Å². The van der Waals surface area contributed by atoms with Gasteiger partial charge in [-0.05, 0) is 61.6 Å². The van der Waals surface area contributed by atoms with Crippen molar-refractivity contribution in [2.75, 3.05) is 24.7 Å². The molecule has 2 N–H and O–H groups in total. The van der Waals surface area contributed by atoms with E-state index in [0.717, 1.165) is 23.4 Å². The topological polar surface area (TPSA) is 68.2 Å². The Balaban J connectivity index is 1.80. The summed E-state index contributed by atoms with van der Waals surface area (Å²) in [6.45, 7) is 0.848. The fraction of sp³-hybridized carbons (Fsp3) is 0.120. The molecule has 0 radical (unpaired) electrons. The standard InChI is InChI=1S/C25H21ClN4O/c1-30(2)15-17-5-10-20(11-6-17)28-24(18-7-3-16(14-27)4-8-18)23-21-12-9-19(26)13-22(21)29-25(23)31/h3-13,28H,15H2,1-2H3,(H,29,31). The first-order valence-electron chi connectivity index (χ1n) is 9.81. The maximum absolute atomic E-state index is 12.9. The number of nitriles is 1. The number of halogens is 1. The maximum atomic E-state index is 12.9. The Labute approximate surface area is 186 Å². The van der Waals surface area contributed by atoms with Crippen molar-refractivity contribution < 1.29 is 4.79 Å². The number of hydrogen-bond acceptors (Lipinski definition) is 4. The van der Waals surface area contributed by atoms with Crippen molar-refractivity contribution in [1.82, 2.24) is 4.90 Å². The summed E-state index contributed by atoms with van der Waals surface area (Å²) in [7, 11) is 4.06. The predicted molar refractivity (Wildman–Crippen MR) is 126 cm³/mol. The number of fused-ring (bicyclic) bond motifs is 1. The van der Waals surface area contributed by atoms with Gasteiger partial charge in [-0.1, -0.05) is 41.9 Å². The molecule has 6 heteroatoms. The molecule has 4 rings (SSSR count). The minimum atomic E-state index is -0.201. The predicted octanol–water partition coefficient (Wildman–Crippen LogP) is 5.21. The van der Waals surface area contributed by atoms with E-state index in [2.05, 4.69) is 33.7 Å². The van der Waals surface area contributed by atoms with Crippen LogP contribution in [0.5, 0.6) is 0 Å². The van der Waals surface area contributed by atoms with Crippen molar-refractivity contribution >= 4 is 40.2 Å². The molecule has 5 nitrogen and oxygen atoms in total. The summed E-state index contributed by atoms with van der Waals surface area (Å²) in [6.07, 6.45) is 0.